The van der Waals surface area contributed by atoms with Gasteiger partial charge in [0, 0.05) is 15.1 Å². The first-order valence-corrected chi connectivity index (χ1v) is 5.43. The number of carboxylic acid groups (broad SMARTS) is 1. The van der Waals surface area contributed by atoms with Crippen molar-refractivity contribution in [3.05, 3.63) is 28.2 Å². The predicted octanol–water partition coefficient (Wildman–Crippen LogP) is 4.26. The first-order chi connectivity index (χ1) is 7.08. The molecule has 0 atom stereocenters. The summed E-state index contributed by atoms with van der Waals surface area (Å²) in [5, 5.41) is 10.2. The van der Waals surface area contributed by atoms with E-state index in [-0.39, 0.29) is 5.06 Å². The van der Waals surface area contributed by atoms with Gasteiger partial charge in [-0.25, -0.2) is 4.79 Å². The molecule has 0 unspecified atom stereocenters. The van der Waals surface area contributed by atoms with E-state index in [1.807, 2.05) is 0 Å². The molecule has 2 aromatic rings. The monoisotopic (exact) mass is 262 g/mol. The Kier molecular flexibility index (Phi) is 2.73. The van der Waals surface area contributed by atoms with Crippen molar-refractivity contribution in [2.24, 2.45) is 0 Å². The maximum atomic E-state index is 10.4. The standard InChI is InChI=1S/C9H4Cl2O3S/c10-4-1-2-5-6(3-4)15-8(7(5)11)14-9(12)13/h1-3H,(H,12,13). The number of fused-ring (bicyclic) bond motifs is 1. The lowest BCUT2D eigenvalue weighted by Gasteiger charge is -1.93. The van der Waals surface area contributed by atoms with Crippen LogP contribution in [0.15, 0.2) is 18.2 Å². The van der Waals surface area contributed by atoms with Crippen LogP contribution in [0.4, 0.5) is 4.79 Å². The van der Waals surface area contributed by atoms with E-state index in [1.54, 1.807) is 18.2 Å². The Labute approximate surface area is 98.8 Å². The molecule has 1 aromatic carbocycles. The second-order valence-corrected chi connectivity index (χ2v) is 4.54. The number of thiophene rings is 1. The molecule has 2 rings (SSSR count). The minimum atomic E-state index is -1.38. The van der Waals surface area contributed by atoms with E-state index in [4.69, 9.17) is 28.3 Å². The fourth-order valence-corrected chi connectivity index (χ4v) is 2.75. The zero-order valence-electron chi connectivity index (χ0n) is 7.16. The number of hydrogen-bond donors (Lipinski definition) is 1. The van der Waals surface area contributed by atoms with E-state index in [0.717, 1.165) is 21.4 Å². The second kappa shape index (κ2) is 3.89. The molecule has 1 aromatic heterocycles. The zero-order valence-corrected chi connectivity index (χ0v) is 9.49. The highest BCUT2D eigenvalue weighted by Crippen LogP contribution is 2.42. The first kappa shape index (κ1) is 10.5. The molecule has 0 spiro atoms. The van der Waals surface area contributed by atoms with E-state index < -0.39 is 6.16 Å². The number of rotatable bonds is 1. The van der Waals surface area contributed by atoms with Gasteiger partial charge in [-0.1, -0.05) is 40.6 Å². The van der Waals surface area contributed by atoms with E-state index in [9.17, 15) is 4.79 Å². The third kappa shape index (κ3) is 2.02. The normalized spacial score (nSPS) is 10.5. The largest absolute Gasteiger partial charge is 0.512 e. The maximum absolute atomic E-state index is 10.4. The molecule has 1 heterocycles. The summed E-state index contributed by atoms with van der Waals surface area (Å²) in [7, 11) is 0. The first-order valence-electron chi connectivity index (χ1n) is 3.86. The summed E-state index contributed by atoms with van der Waals surface area (Å²) in [6, 6.07) is 5.13. The number of halogens is 2. The molecule has 0 amide bonds. The van der Waals surface area contributed by atoms with Crippen molar-refractivity contribution in [2.75, 3.05) is 0 Å². The minimum Gasteiger partial charge on any atom is -0.449 e. The van der Waals surface area contributed by atoms with Crippen LogP contribution in [0.1, 0.15) is 0 Å². The third-order valence-electron chi connectivity index (χ3n) is 1.74. The average molecular weight is 263 g/mol. The van der Waals surface area contributed by atoms with Gasteiger partial charge >= 0.3 is 6.16 Å². The molecule has 0 aliphatic carbocycles. The molecular weight excluding hydrogens is 259 g/mol. The van der Waals surface area contributed by atoms with Crippen molar-refractivity contribution < 1.29 is 14.6 Å². The van der Waals surface area contributed by atoms with Crippen molar-refractivity contribution in [3.8, 4) is 5.06 Å². The van der Waals surface area contributed by atoms with Gasteiger partial charge in [0.25, 0.3) is 0 Å². The predicted molar refractivity (Wildman–Crippen MR) is 60.5 cm³/mol. The SMILES string of the molecule is O=C(O)Oc1sc2cc(Cl)ccc2c1Cl. The lowest BCUT2D eigenvalue weighted by atomic mass is 10.3. The molecule has 0 radical (unpaired) electrons. The molecule has 6 heteroatoms. The molecule has 1 N–H and O–H groups in total. The molecule has 0 bridgehead atoms. The van der Waals surface area contributed by atoms with Crippen LogP contribution < -0.4 is 4.74 Å². The fourth-order valence-electron chi connectivity index (χ4n) is 1.16. The van der Waals surface area contributed by atoms with E-state index in [2.05, 4.69) is 4.74 Å². The Morgan fingerprint density at radius 2 is 2.13 bits per heavy atom. The molecule has 0 aliphatic heterocycles. The van der Waals surface area contributed by atoms with Gasteiger partial charge in [-0.3, -0.25) is 0 Å². The van der Waals surface area contributed by atoms with Crippen LogP contribution in [-0.2, 0) is 0 Å². The molecule has 78 valence electrons. The van der Waals surface area contributed by atoms with Crippen LogP contribution in [0.2, 0.25) is 10.0 Å². The highest BCUT2D eigenvalue weighted by Gasteiger charge is 2.14. The van der Waals surface area contributed by atoms with Gasteiger partial charge in [0.1, 0.15) is 5.02 Å². The van der Waals surface area contributed by atoms with Gasteiger partial charge in [0.2, 0.25) is 5.06 Å². The van der Waals surface area contributed by atoms with Crippen LogP contribution in [0, 0.1) is 0 Å². The topological polar surface area (TPSA) is 46.5 Å². The summed E-state index contributed by atoms with van der Waals surface area (Å²) in [5.41, 5.74) is 0. The Hall–Kier alpha value is -0.970. The van der Waals surface area contributed by atoms with Crippen LogP contribution in [0.25, 0.3) is 10.1 Å². The van der Waals surface area contributed by atoms with E-state index >= 15 is 0 Å². The van der Waals surface area contributed by atoms with E-state index in [0.29, 0.717) is 10.0 Å². The third-order valence-corrected chi connectivity index (χ3v) is 3.49. The summed E-state index contributed by atoms with van der Waals surface area (Å²) in [5.74, 6) is 0. The summed E-state index contributed by atoms with van der Waals surface area (Å²) in [6.45, 7) is 0. The maximum Gasteiger partial charge on any atom is 0.512 e. The van der Waals surface area contributed by atoms with Crippen LogP contribution >= 0.6 is 34.5 Å². The Morgan fingerprint density at radius 1 is 1.40 bits per heavy atom. The summed E-state index contributed by atoms with van der Waals surface area (Å²) in [6.07, 6.45) is -1.38. The van der Waals surface area contributed by atoms with Gasteiger partial charge in [0.15, 0.2) is 0 Å². The van der Waals surface area contributed by atoms with Gasteiger partial charge in [-0.2, -0.15) is 0 Å². The van der Waals surface area contributed by atoms with E-state index in [1.165, 1.54) is 0 Å². The van der Waals surface area contributed by atoms with Crippen LogP contribution in [0.3, 0.4) is 0 Å². The number of carbonyl (C=O) groups is 1. The molecule has 3 nitrogen and oxygen atoms in total. The molecular formula is C9H4Cl2O3S. The van der Waals surface area contributed by atoms with Gasteiger partial charge in [-0.05, 0) is 12.1 Å². The average Bonchev–Trinajstić information content (AvgIpc) is 2.42. The smallest absolute Gasteiger partial charge is 0.449 e. The lowest BCUT2D eigenvalue weighted by Crippen LogP contribution is -2.01. The van der Waals surface area contributed by atoms with Gasteiger partial charge < -0.3 is 9.84 Å². The second-order valence-electron chi connectivity index (χ2n) is 2.71. The van der Waals surface area contributed by atoms with Crippen molar-refractivity contribution in [3.63, 3.8) is 0 Å². The van der Waals surface area contributed by atoms with Gasteiger partial charge in [-0.15, -0.1) is 0 Å². The quantitative estimate of drug-likeness (QED) is 0.781. The van der Waals surface area contributed by atoms with Crippen LogP contribution in [0.5, 0.6) is 5.06 Å². The molecule has 15 heavy (non-hydrogen) atoms. The summed E-state index contributed by atoms with van der Waals surface area (Å²) >= 11 is 12.9. The Morgan fingerprint density at radius 3 is 2.80 bits per heavy atom. The van der Waals surface area contributed by atoms with Crippen molar-refractivity contribution in [2.45, 2.75) is 0 Å². The fraction of sp³-hybridized carbons (Fsp3) is 0. The molecule has 0 fully saturated rings. The van der Waals surface area contributed by atoms with Crippen molar-refractivity contribution in [1.29, 1.82) is 0 Å². The minimum absolute atomic E-state index is 0.168. The summed E-state index contributed by atoms with van der Waals surface area (Å²) in [4.78, 5) is 10.4. The molecule has 0 saturated heterocycles. The van der Waals surface area contributed by atoms with Crippen LogP contribution in [-0.4, -0.2) is 11.3 Å². The number of ether oxygens (including phenoxy) is 1. The van der Waals surface area contributed by atoms with Crippen molar-refractivity contribution >= 4 is 50.8 Å². The summed E-state index contributed by atoms with van der Waals surface area (Å²) < 4.78 is 5.33. The molecule has 0 saturated carbocycles. The highest BCUT2D eigenvalue weighted by molar-refractivity contribution is 7.21. The number of hydrogen-bond acceptors (Lipinski definition) is 3. The Balaban J connectivity index is 2.58. The zero-order chi connectivity index (χ0) is 11.0. The van der Waals surface area contributed by atoms with Crippen molar-refractivity contribution in [1.82, 2.24) is 0 Å². The lowest BCUT2D eigenvalue weighted by molar-refractivity contribution is 0.146. The van der Waals surface area contributed by atoms with Gasteiger partial charge in [0.05, 0.1) is 0 Å². The molecule has 0 aliphatic rings. The number of benzene rings is 1. The Bertz CT molecular complexity index is 535. The highest BCUT2D eigenvalue weighted by atomic mass is 35.5.